The zero-order valence-electron chi connectivity index (χ0n) is 9.75. The van der Waals surface area contributed by atoms with Gasteiger partial charge in [-0.3, -0.25) is 0 Å². The Morgan fingerprint density at radius 1 is 1.06 bits per heavy atom. The van der Waals surface area contributed by atoms with Crippen molar-refractivity contribution in [2.45, 2.75) is 6.04 Å². The Hall–Kier alpha value is -0.710. The molecule has 0 amide bonds. The first-order valence-electron chi connectivity index (χ1n) is 5.50. The Morgan fingerprint density at radius 3 is 2.28 bits per heavy atom. The summed E-state index contributed by atoms with van der Waals surface area (Å²) < 4.78 is 15.7. The minimum absolute atomic E-state index is 0.173. The summed E-state index contributed by atoms with van der Waals surface area (Å²) in [5, 5.41) is 3.15. The third-order valence-electron chi connectivity index (χ3n) is 2.78. The predicted octanol–water partition coefficient (Wildman–Crippen LogP) is 4.66. The molecule has 2 rings (SSSR count). The zero-order valence-corrected chi connectivity index (χ0v) is 12.9. The Labute approximate surface area is 123 Å². The van der Waals surface area contributed by atoms with E-state index in [0.29, 0.717) is 5.56 Å². The second-order valence-electron chi connectivity index (χ2n) is 3.91. The van der Waals surface area contributed by atoms with Gasteiger partial charge in [0.15, 0.2) is 0 Å². The van der Waals surface area contributed by atoms with E-state index in [2.05, 4.69) is 37.2 Å². The molecule has 2 aromatic carbocycles. The fraction of sp³-hybridized carbons (Fsp3) is 0.143. The first-order valence-corrected chi connectivity index (χ1v) is 7.08. The molecule has 0 aromatic heterocycles. The highest BCUT2D eigenvalue weighted by Gasteiger charge is 2.18. The molecule has 0 aliphatic carbocycles. The summed E-state index contributed by atoms with van der Waals surface area (Å²) in [5.41, 5.74) is 1.65. The van der Waals surface area contributed by atoms with Crippen LogP contribution in [0.4, 0.5) is 4.39 Å². The largest absolute Gasteiger partial charge is 0.309 e. The van der Waals surface area contributed by atoms with Gasteiger partial charge in [0.05, 0.1) is 6.04 Å². The van der Waals surface area contributed by atoms with Gasteiger partial charge < -0.3 is 5.32 Å². The molecule has 0 spiro atoms. The predicted molar refractivity (Wildman–Crippen MR) is 79.1 cm³/mol. The number of halogens is 3. The molecule has 1 unspecified atom stereocenters. The summed E-state index contributed by atoms with van der Waals surface area (Å²) in [7, 11) is 1.82. The van der Waals surface area contributed by atoms with Gasteiger partial charge in [-0.25, -0.2) is 4.39 Å². The van der Waals surface area contributed by atoms with E-state index in [1.165, 1.54) is 6.07 Å². The van der Waals surface area contributed by atoms with Gasteiger partial charge in [-0.1, -0.05) is 50.1 Å². The molecule has 0 saturated carbocycles. The van der Waals surface area contributed by atoms with Crippen molar-refractivity contribution in [2.75, 3.05) is 7.05 Å². The summed E-state index contributed by atoms with van der Waals surface area (Å²) in [5.74, 6) is -0.216. The lowest BCUT2D eigenvalue weighted by Gasteiger charge is -2.19. The Kier molecular flexibility index (Phi) is 4.54. The van der Waals surface area contributed by atoms with Crippen molar-refractivity contribution in [1.82, 2.24) is 5.32 Å². The molecule has 0 aliphatic heterocycles. The highest BCUT2D eigenvalue weighted by atomic mass is 79.9. The number of benzene rings is 2. The quantitative estimate of drug-likeness (QED) is 0.826. The molecule has 94 valence electrons. The van der Waals surface area contributed by atoms with E-state index in [1.54, 1.807) is 6.07 Å². The topological polar surface area (TPSA) is 12.0 Å². The molecular formula is C14H12Br2FN. The number of hydrogen-bond donors (Lipinski definition) is 1. The highest BCUT2D eigenvalue weighted by Crippen LogP contribution is 2.31. The van der Waals surface area contributed by atoms with Crippen LogP contribution in [-0.4, -0.2) is 7.05 Å². The average Bonchev–Trinajstić information content (AvgIpc) is 2.35. The molecule has 18 heavy (non-hydrogen) atoms. The number of hydrogen-bond acceptors (Lipinski definition) is 1. The minimum atomic E-state index is -0.216. The van der Waals surface area contributed by atoms with Gasteiger partial charge in [0.1, 0.15) is 5.82 Å². The second kappa shape index (κ2) is 5.95. The second-order valence-corrected chi connectivity index (χ2v) is 5.68. The summed E-state index contributed by atoms with van der Waals surface area (Å²) in [6.07, 6.45) is 0. The molecule has 0 fully saturated rings. The molecule has 4 heteroatoms. The van der Waals surface area contributed by atoms with Crippen LogP contribution < -0.4 is 5.32 Å². The molecule has 1 atom stereocenters. The monoisotopic (exact) mass is 371 g/mol. The maximum absolute atomic E-state index is 14.0. The van der Waals surface area contributed by atoms with Crippen molar-refractivity contribution >= 4 is 31.9 Å². The van der Waals surface area contributed by atoms with Crippen LogP contribution in [-0.2, 0) is 0 Å². The van der Waals surface area contributed by atoms with Gasteiger partial charge in [-0.15, -0.1) is 0 Å². The van der Waals surface area contributed by atoms with Crippen LogP contribution in [0.1, 0.15) is 17.2 Å². The van der Waals surface area contributed by atoms with Crippen molar-refractivity contribution in [3.8, 4) is 0 Å². The van der Waals surface area contributed by atoms with Crippen LogP contribution in [0.2, 0.25) is 0 Å². The van der Waals surface area contributed by atoms with Crippen molar-refractivity contribution < 1.29 is 4.39 Å². The maximum atomic E-state index is 14.0. The molecule has 0 aliphatic rings. The molecule has 0 bridgehead atoms. The van der Waals surface area contributed by atoms with Crippen LogP contribution in [0.3, 0.4) is 0 Å². The maximum Gasteiger partial charge on any atom is 0.129 e. The van der Waals surface area contributed by atoms with E-state index >= 15 is 0 Å². The van der Waals surface area contributed by atoms with Gasteiger partial charge in [-0.2, -0.15) is 0 Å². The fourth-order valence-electron chi connectivity index (χ4n) is 1.92. The summed E-state index contributed by atoms with van der Waals surface area (Å²) in [6.45, 7) is 0. The molecule has 2 aromatic rings. The van der Waals surface area contributed by atoms with Gasteiger partial charge in [0, 0.05) is 14.5 Å². The van der Waals surface area contributed by atoms with Gasteiger partial charge in [-0.05, 0) is 36.9 Å². The minimum Gasteiger partial charge on any atom is -0.309 e. The van der Waals surface area contributed by atoms with Crippen LogP contribution in [0.5, 0.6) is 0 Å². The van der Waals surface area contributed by atoms with Crippen LogP contribution in [0, 0.1) is 5.82 Å². The SMILES string of the molecule is CNC(c1ccc(Br)cc1)c1c(F)cccc1Br. The first-order chi connectivity index (χ1) is 8.63. The van der Waals surface area contributed by atoms with Gasteiger partial charge in [0.25, 0.3) is 0 Å². The van der Waals surface area contributed by atoms with E-state index in [4.69, 9.17) is 0 Å². The van der Waals surface area contributed by atoms with Crippen LogP contribution >= 0.6 is 31.9 Å². The number of rotatable bonds is 3. The van der Waals surface area contributed by atoms with Gasteiger partial charge in [0.2, 0.25) is 0 Å². The van der Waals surface area contributed by atoms with E-state index in [1.807, 2.05) is 37.4 Å². The van der Waals surface area contributed by atoms with Crippen LogP contribution in [0.15, 0.2) is 51.4 Å². The molecule has 0 radical (unpaired) electrons. The Balaban J connectivity index is 2.48. The Morgan fingerprint density at radius 2 is 1.72 bits per heavy atom. The summed E-state index contributed by atoms with van der Waals surface area (Å²) in [6, 6.07) is 12.7. The Bertz CT molecular complexity index is 520. The van der Waals surface area contributed by atoms with Gasteiger partial charge >= 0.3 is 0 Å². The standard InChI is InChI=1S/C14H12Br2FN/c1-18-14(9-5-7-10(15)8-6-9)13-11(16)3-2-4-12(13)17/h2-8,14,18H,1H3. The molecule has 1 N–H and O–H groups in total. The molecular weight excluding hydrogens is 361 g/mol. The van der Waals surface area contributed by atoms with E-state index in [-0.39, 0.29) is 11.9 Å². The normalized spacial score (nSPS) is 12.4. The van der Waals surface area contributed by atoms with Crippen molar-refractivity contribution in [3.63, 3.8) is 0 Å². The lowest BCUT2D eigenvalue weighted by Crippen LogP contribution is -2.19. The smallest absolute Gasteiger partial charge is 0.129 e. The molecule has 0 heterocycles. The first kappa shape index (κ1) is 13.7. The third-order valence-corrected chi connectivity index (χ3v) is 4.00. The fourth-order valence-corrected chi connectivity index (χ4v) is 2.75. The highest BCUT2D eigenvalue weighted by molar-refractivity contribution is 9.10. The lowest BCUT2D eigenvalue weighted by atomic mass is 9.98. The van der Waals surface area contributed by atoms with Crippen LogP contribution in [0.25, 0.3) is 0 Å². The van der Waals surface area contributed by atoms with Crippen molar-refractivity contribution in [3.05, 3.63) is 68.4 Å². The van der Waals surface area contributed by atoms with Crippen molar-refractivity contribution in [2.24, 2.45) is 0 Å². The summed E-state index contributed by atoms with van der Waals surface area (Å²) >= 11 is 6.81. The lowest BCUT2D eigenvalue weighted by molar-refractivity contribution is 0.574. The average molecular weight is 373 g/mol. The van der Waals surface area contributed by atoms with E-state index < -0.39 is 0 Å². The number of nitrogens with one attached hydrogen (secondary N) is 1. The zero-order chi connectivity index (χ0) is 13.1. The van der Waals surface area contributed by atoms with E-state index in [0.717, 1.165) is 14.5 Å². The van der Waals surface area contributed by atoms with Crippen molar-refractivity contribution in [1.29, 1.82) is 0 Å². The summed E-state index contributed by atoms with van der Waals surface area (Å²) in [4.78, 5) is 0. The third kappa shape index (κ3) is 2.82. The van der Waals surface area contributed by atoms with E-state index in [9.17, 15) is 4.39 Å². The molecule has 0 saturated heterocycles. The molecule has 1 nitrogen and oxygen atoms in total.